The molecule has 10 atom stereocenters. The van der Waals surface area contributed by atoms with Gasteiger partial charge in [0.25, 0.3) is 0 Å². The number of fused-ring (bicyclic) bond motifs is 2. The Morgan fingerprint density at radius 2 is 1.89 bits per heavy atom. The highest BCUT2D eigenvalue weighted by Gasteiger charge is 2.66. The lowest BCUT2D eigenvalue weighted by Gasteiger charge is -2.61. The van der Waals surface area contributed by atoms with E-state index < -0.39 is 0 Å². The van der Waals surface area contributed by atoms with Crippen LogP contribution in [0.5, 0.6) is 5.75 Å². The quantitative estimate of drug-likeness (QED) is 0.301. The molecule has 1 spiro atoms. The highest BCUT2D eigenvalue weighted by Crippen LogP contribution is 2.74. The molecule has 5 aliphatic carbocycles. The molecule has 0 radical (unpaired) electrons. The lowest BCUT2D eigenvalue weighted by molar-refractivity contribution is -0.132. The van der Waals surface area contributed by atoms with Crippen LogP contribution in [0.4, 0.5) is 11.4 Å². The molecule has 0 saturated heterocycles. The second-order valence-electron chi connectivity index (χ2n) is 14.6. The van der Waals surface area contributed by atoms with E-state index in [-0.39, 0.29) is 0 Å². The number of ether oxygens (including phenoxy) is 1. The summed E-state index contributed by atoms with van der Waals surface area (Å²) in [5.41, 5.74) is 16.2. The molecule has 3 heteroatoms. The first-order valence-corrected chi connectivity index (χ1v) is 15.7. The zero-order valence-electron chi connectivity index (χ0n) is 24.0. The minimum Gasteiger partial charge on any atom is -0.488 e. The van der Waals surface area contributed by atoms with Crippen LogP contribution in [0, 0.1) is 52.3 Å². The second-order valence-corrected chi connectivity index (χ2v) is 14.6. The molecule has 4 N–H and O–H groups in total. The summed E-state index contributed by atoms with van der Waals surface area (Å²) in [5.74, 6) is 7.41. The van der Waals surface area contributed by atoms with Crippen molar-refractivity contribution in [2.24, 2.45) is 52.3 Å². The van der Waals surface area contributed by atoms with Gasteiger partial charge in [0.15, 0.2) is 0 Å². The van der Waals surface area contributed by atoms with Gasteiger partial charge < -0.3 is 16.2 Å². The molecular weight excluding hydrogens is 452 g/mol. The van der Waals surface area contributed by atoms with Gasteiger partial charge in [-0.1, -0.05) is 25.5 Å². The van der Waals surface area contributed by atoms with E-state index in [4.69, 9.17) is 16.2 Å². The molecule has 3 nitrogen and oxygen atoms in total. The number of nitrogen functional groups attached to an aromatic ring is 2. The van der Waals surface area contributed by atoms with Gasteiger partial charge >= 0.3 is 0 Å². The van der Waals surface area contributed by atoms with E-state index in [1.807, 2.05) is 18.2 Å². The van der Waals surface area contributed by atoms with Gasteiger partial charge in [-0.2, -0.15) is 0 Å². The van der Waals surface area contributed by atoms with Gasteiger partial charge in [0.2, 0.25) is 0 Å². The summed E-state index contributed by atoms with van der Waals surface area (Å²) in [7, 11) is 0. The Hall–Kier alpha value is -1.64. The highest BCUT2D eigenvalue weighted by molar-refractivity contribution is 5.60. The van der Waals surface area contributed by atoms with Crippen LogP contribution in [0.3, 0.4) is 0 Å². The molecule has 0 aliphatic heterocycles. The number of benzene rings is 1. The van der Waals surface area contributed by atoms with Crippen molar-refractivity contribution >= 4 is 11.4 Å². The van der Waals surface area contributed by atoms with Crippen LogP contribution in [0.25, 0.3) is 0 Å². The summed E-state index contributed by atoms with van der Waals surface area (Å²) in [6.45, 7) is 9.84. The predicted octanol–water partition coefficient (Wildman–Crippen LogP) is 8.64. The zero-order chi connectivity index (χ0) is 25.9. The fraction of sp³-hybridized carbons (Fsp3) is 0.765. The van der Waals surface area contributed by atoms with E-state index in [1.54, 1.807) is 0 Å². The normalized spacial score (nSPS) is 42.9. The van der Waals surface area contributed by atoms with E-state index in [2.05, 4.69) is 33.8 Å². The first kappa shape index (κ1) is 25.6. The average molecular weight is 505 g/mol. The second kappa shape index (κ2) is 9.53. The van der Waals surface area contributed by atoms with E-state index >= 15 is 0 Å². The molecule has 0 amide bonds. The minimum atomic E-state index is 0.309. The number of nitrogens with two attached hydrogens (primary N) is 2. The van der Waals surface area contributed by atoms with Crippen LogP contribution in [0.2, 0.25) is 0 Å². The molecular formula is C34H52N2O. The molecule has 1 aromatic carbocycles. The number of hydrogen-bond donors (Lipinski definition) is 2. The minimum absolute atomic E-state index is 0.309. The van der Waals surface area contributed by atoms with Gasteiger partial charge in [-0.15, -0.1) is 0 Å². The van der Waals surface area contributed by atoms with Gasteiger partial charge in [-0.05, 0) is 161 Å². The number of hydrogen-bond acceptors (Lipinski definition) is 3. The Balaban J connectivity index is 1.17. The van der Waals surface area contributed by atoms with Crippen molar-refractivity contribution in [3.05, 3.63) is 29.8 Å². The Kier molecular flexibility index (Phi) is 6.60. The Labute approximate surface area is 226 Å². The molecule has 1 aromatic rings. The largest absolute Gasteiger partial charge is 0.488 e. The van der Waals surface area contributed by atoms with Crippen molar-refractivity contribution in [1.82, 2.24) is 0 Å². The van der Waals surface area contributed by atoms with Crippen LogP contribution in [0.1, 0.15) is 105 Å². The van der Waals surface area contributed by atoms with Crippen LogP contribution in [-0.2, 0) is 0 Å². The fourth-order valence-corrected chi connectivity index (χ4v) is 11.4. The Morgan fingerprint density at radius 3 is 2.68 bits per heavy atom. The summed E-state index contributed by atoms with van der Waals surface area (Å²) in [4.78, 5) is 0. The number of anilines is 2. The van der Waals surface area contributed by atoms with Crippen molar-refractivity contribution in [2.45, 2.75) is 111 Å². The van der Waals surface area contributed by atoms with E-state index in [9.17, 15) is 0 Å². The summed E-state index contributed by atoms with van der Waals surface area (Å²) in [6.07, 6.45) is 19.6. The van der Waals surface area contributed by atoms with Gasteiger partial charge in [0.1, 0.15) is 5.75 Å². The third-order valence-corrected chi connectivity index (χ3v) is 12.6. The Morgan fingerprint density at radius 1 is 1.08 bits per heavy atom. The van der Waals surface area contributed by atoms with E-state index in [0.717, 1.165) is 47.2 Å². The third-order valence-electron chi connectivity index (χ3n) is 12.6. The lowest BCUT2D eigenvalue weighted by atomic mass is 9.44. The topological polar surface area (TPSA) is 61.3 Å². The van der Waals surface area contributed by atoms with E-state index in [0.29, 0.717) is 28.3 Å². The fourth-order valence-electron chi connectivity index (χ4n) is 11.4. The van der Waals surface area contributed by atoms with Crippen LogP contribution in [0.15, 0.2) is 29.8 Å². The van der Waals surface area contributed by atoms with Crippen LogP contribution >= 0.6 is 0 Å². The highest BCUT2D eigenvalue weighted by atomic mass is 16.5. The van der Waals surface area contributed by atoms with Crippen LogP contribution < -0.4 is 16.2 Å². The molecule has 0 aromatic heterocycles. The maximum atomic E-state index is 6.52. The average Bonchev–Trinajstić information content (AvgIpc) is 3.39. The van der Waals surface area contributed by atoms with Crippen molar-refractivity contribution in [3.8, 4) is 5.75 Å². The standard InChI is InChI=1S/C34H52N2O/c1-21(2)6-5-7-22(3)28-11-12-29-27-10-8-24-18-26(37-31-13-9-25(35)19-30(31)36)15-17-34(24)16-14-23(32(27)34)20-33(28,29)4/h6,9,13,19,22-24,26-29,32H,5,7-8,10-12,14-18,20,35-36H2,1-4H3. The summed E-state index contributed by atoms with van der Waals surface area (Å²) >= 11 is 0. The number of allylic oxidation sites excluding steroid dienone is 2. The van der Waals surface area contributed by atoms with Crippen molar-refractivity contribution in [2.75, 3.05) is 11.5 Å². The maximum Gasteiger partial charge on any atom is 0.142 e. The molecule has 0 heterocycles. The lowest BCUT2D eigenvalue weighted by Crippen LogP contribution is -2.55. The summed E-state index contributed by atoms with van der Waals surface area (Å²) in [6, 6.07) is 5.72. The van der Waals surface area contributed by atoms with Crippen molar-refractivity contribution in [3.63, 3.8) is 0 Å². The first-order chi connectivity index (χ1) is 17.7. The van der Waals surface area contributed by atoms with Gasteiger partial charge in [0.05, 0.1) is 11.8 Å². The maximum absolute atomic E-state index is 6.52. The monoisotopic (exact) mass is 504 g/mol. The van der Waals surface area contributed by atoms with Crippen LogP contribution in [-0.4, -0.2) is 6.10 Å². The molecule has 37 heavy (non-hydrogen) atoms. The third kappa shape index (κ3) is 4.22. The van der Waals surface area contributed by atoms with Gasteiger partial charge in [0, 0.05) is 5.69 Å². The molecule has 5 saturated carbocycles. The van der Waals surface area contributed by atoms with Crippen molar-refractivity contribution in [1.29, 1.82) is 0 Å². The van der Waals surface area contributed by atoms with Crippen molar-refractivity contribution < 1.29 is 4.74 Å². The predicted molar refractivity (Wildman–Crippen MR) is 155 cm³/mol. The number of rotatable bonds is 6. The SMILES string of the molecule is CC(C)=CCCC(C)C1CCC2C3CCC4CC(Oc5ccc(N)cc5N)CCC45CCC(CC12C)C35. The molecule has 204 valence electrons. The molecule has 5 fully saturated rings. The van der Waals surface area contributed by atoms with Gasteiger partial charge in [-0.25, -0.2) is 0 Å². The molecule has 5 aliphatic rings. The van der Waals surface area contributed by atoms with Gasteiger partial charge in [-0.3, -0.25) is 0 Å². The first-order valence-electron chi connectivity index (χ1n) is 15.7. The zero-order valence-corrected chi connectivity index (χ0v) is 24.0. The summed E-state index contributed by atoms with van der Waals surface area (Å²) < 4.78 is 6.52. The summed E-state index contributed by atoms with van der Waals surface area (Å²) in [5, 5.41) is 0. The molecule has 10 unspecified atom stereocenters. The smallest absolute Gasteiger partial charge is 0.142 e. The van der Waals surface area contributed by atoms with E-state index in [1.165, 1.54) is 82.6 Å². The Bertz CT molecular complexity index is 1030. The molecule has 6 rings (SSSR count). The molecule has 0 bridgehead atoms.